The van der Waals surface area contributed by atoms with Crippen molar-refractivity contribution < 1.29 is 27.5 Å². The van der Waals surface area contributed by atoms with Crippen molar-refractivity contribution >= 4 is 27.5 Å². The van der Waals surface area contributed by atoms with Crippen LogP contribution in [0.2, 0.25) is 0 Å². The Morgan fingerprint density at radius 1 is 0.905 bits per heavy atom. The molecule has 9 nitrogen and oxygen atoms in total. The molecular weight excluding hydrogens is 554 g/mol. The van der Waals surface area contributed by atoms with Crippen LogP contribution in [0.4, 0.5) is 5.69 Å². The van der Waals surface area contributed by atoms with Crippen molar-refractivity contribution in [1.29, 1.82) is 0 Å². The van der Waals surface area contributed by atoms with Crippen LogP contribution < -0.4 is 19.1 Å². The molecule has 0 bridgehead atoms. The largest absolute Gasteiger partial charge is 0.497 e. The maximum absolute atomic E-state index is 14.2. The van der Waals surface area contributed by atoms with Crippen LogP contribution >= 0.6 is 0 Å². The predicted octanol–water partition coefficient (Wildman–Crippen LogP) is 4.67. The van der Waals surface area contributed by atoms with Gasteiger partial charge in [0.2, 0.25) is 11.8 Å². The highest BCUT2D eigenvalue weighted by Gasteiger charge is 2.34. The van der Waals surface area contributed by atoms with E-state index >= 15 is 0 Å². The summed E-state index contributed by atoms with van der Waals surface area (Å²) in [6.07, 6.45) is 2.60. The van der Waals surface area contributed by atoms with Crippen LogP contribution in [0.5, 0.6) is 11.5 Å². The van der Waals surface area contributed by atoms with Crippen molar-refractivity contribution in [2.45, 2.75) is 50.5 Å². The summed E-state index contributed by atoms with van der Waals surface area (Å²) in [5.74, 6) is -0.117. The summed E-state index contributed by atoms with van der Waals surface area (Å²) in [6.45, 7) is 4.07. The maximum atomic E-state index is 14.2. The van der Waals surface area contributed by atoms with E-state index in [-0.39, 0.29) is 28.8 Å². The Kier molecular flexibility index (Phi) is 12.2. The van der Waals surface area contributed by atoms with E-state index in [4.69, 9.17) is 9.47 Å². The quantitative estimate of drug-likeness (QED) is 0.242. The Balaban J connectivity index is 2.06. The van der Waals surface area contributed by atoms with Gasteiger partial charge in [0.05, 0.1) is 24.8 Å². The van der Waals surface area contributed by atoms with Gasteiger partial charge in [0.1, 0.15) is 24.1 Å². The standard InChI is InChI=1S/C32H41N3O6S/c1-5-7-21-33-32(37)28(6-2)34(22-20-25-14-10-8-11-15-25)31(36)24-35(42(38,39)27-16-12-9-13-17-27)29-23-26(40-3)18-19-30(29)41-4/h8-19,23,28H,5-7,20-22,24H2,1-4H3,(H,33,37)/t28-/m0/s1. The molecule has 0 aromatic heterocycles. The molecule has 0 aliphatic heterocycles. The molecule has 0 aliphatic carbocycles. The molecule has 3 rings (SSSR count). The number of sulfonamides is 1. The van der Waals surface area contributed by atoms with E-state index in [0.29, 0.717) is 25.1 Å². The van der Waals surface area contributed by atoms with Crippen molar-refractivity contribution in [1.82, 2.24) is 10.2 Å². The summed E-state index contributed by atoms with van der Waals surface area (Å²) in [5.41, 5.74) is 1.15. The van der Waals surface area contributed by atoms with E-state index in [0.717, 1.165) is 22.7 Å². The third-order valence-electron chi connectivity index (χ3n) is 6.96. The normalized spacial score (nSPS) is 11.8. The van der Waals surface area contributed by atoms with Crippen LogP contribution in [0.3, 0.4) is 0 Å². The van der Waals surface area contributed by atoms with Crippen molar-refractivity contribution in [3.63, 3.8) is 0 Å². The topological polar surface area (TPSA) is 105 Å². The Morgan fingerprint density at radius 3 is 2.17 bits per heavy atom. The average Bonchev–Trinajstić information content (AvgIpc) is 3.02. The highest BCUT2D eigenvalue weighted by atomic mass is 32.2. The summed E-state index contributed by atoms with van der Waals surface area (Å²) >= 11 is 0. The Hall–Kier alpha value is -4.05. The van der Waals surface area contributed by atoms with E-state index in [1.165, 1.54) is 37.3 Å². The summed E-state index contributed by atoms with van der Waals surface area (Å²) in [5, 5.41) is 2.94. The number of rotatable bonds is 16. The molecule has 226 valence electrons. The molecule has 0 fully saturated rings. The number of amides is 2. The van der Waals surface area contributed by atoms with Gasteiger partial charge >= 0.3 is 0 Å². The summed E-state index contributed by atoms with van der Waals surface area (Å²) < 4.78 is 40.0. The number of anilines is 1. The number of nitrogens with one attached hydrogen (secondary N) is 1. The Bertz CT molecular complexity index is 1400. The minimum atomic E-state index is -4.23. The lowest BCUT2D eigenvalue weighted by Crippen LogP contribution is -2.53. The van der Waals surface area contributed by atoms with Crippen LogP contribution in [0.15, 0.2) is 83.8 Å². The lowest BCUT2D eigenvalue weighted by molar-refractivity contribution is -0.139. The SMILES string of the molecule is CCCCNC(=O)[C@H](CC)N(CCc1ccccc1)C(=O)CN(c1cc(OC)ccc1OC)S(=O)(=O)c1ccccc1. The molecular formula is C32H41N3O6S. The van der Waals surface area contributed by atoms with E-state index < -0.39 is 28.5 Å². The van der Waals surface area contributed by atoms with E-state index in [2.05, 4.69) is 5.32 Å². The summed E-state index contributed by atoms with van der Waals surface area (Å²) in [4.78, 5) is 29.0. The monoisotopic (exact) mass is 595 g/mol. The molecule has 0 aliphatic rings. The Labute approximate surface area is 249 Å². The fourth-order valence-corrected chi connectivity index (χ4v) is 6.06. The Morgan fingerprint density at radius 2 is 1.57 bits per heavy atom. The number of ether oxygens (including phenoxy) is 2. The van der Waals surface area contributed by atoms with Crippen molar-refractivity contribution in [2.75, 3.05) is 38.2 Å². The lowest BCUT2D eigenvalue weighted by Gasteiger charge is -2.33. The predicted molar refractivity (Wildman–Crippen MR) is 164 cm³/mol. The second kappa shape index (κ2) is 15.8. The maximum Gasteiger partial charge on any atom is 0.264 e. The van der Waals surface area contributed by atoms with E-state index in [1.807, 2.05) is 44.2 Å². The number of nitrogens with zero attached hydrogens (tertiary/aromatic N) is 2. The van der Waals surface area contributed by atoms with Crippen molar-refractivity contribution in [3.8, 4) is 11.5 Å². The van der Waals surface area contributed by atoms with Gasteiger partial charge in [-0.2, -0.15) is 0 Å². The van der Waals surface area contributed by atoms with Gasteiger partial charge in [-0.05, 0) is 49.1 Å². The molecule has 0 radical (unpaired) electrons. The molecule has 3 aromatic rings. The third-order valence-corrected chi connectivity index (χ3v) is 8.74. The number of hydrogen-bond donors (Lipinski definition) is 1. The first kappa shape index (κ1) is 32.5. The van der Waals surface area contributed by atoms with Gasteiger partial charge in [0.15, 0.2) is 0 Å². The van der Waals surface area contributed by atoms with E-state index in [9.17, 15) is 18.0 Å². The summed E-state index contributed by atoms with van der Waals surface area (Å²) in [6, 6.07) is 21.6. The van der Waals surface area contributed by atoms with Gasteiger partial charge in [-0.1, -0.05) is 68.8 Å². The number of methoxy groups -OCH3 is 2. The van der Waals surface area contributed by atoms with Crippen LogP contribution in [0.25, 0.3) is 0 Å². The number of hydrogen-bond acceptors (Lipinski definition) is 6. The van der Waals surface area contributed by atoms with Crippen LogP contribution in [-0.4, -0.2) is 65.0 Å². The first-order chi connectivity index (χ1) is 20.3. The first-order valence-corrected chi connectivity index (χ1v) is 15.6. The average molecular weight is 596 g/mol. The van der Waals surface area contributed by atoms with Crippen LogP contribution in [0.1, 0.15) is 38.7 Å². The molecule has 0 saturated heterocycles. The minimum absolute atomic E-state index is 0.0165. The lowest BCUT2D eigenvalue weighted by atomic mass is 10.1. The zero-order chi connectivity index (χ0) is 30.5. The minimum Gasteiger partial charge on any atom is -0.497 e. The van der Waals surface area contributed by atoms with Gasteiger partial charge in [0.25, 0.3) is 10.0 Å². The molecule has 0 spiro atoms. The fraction of sp³-hybridized carbons (Fsp3) is 0.375. The van der Waals surface area contributed by atoms with Gasteiger partial charge in [-0.25, -0.2) is 8.42 Å². The molecule has 42 heavy (non-hydrogen) atoms. The van der Waals surface area contributed by atoms with Crippen molar-refractivity contribution in [3.05, 3.63) is 84.4 Å². The van der Waals surface area contributed by atoms with Gasteiger partial charge in [-0.15, -0.1) is 0 Å². The molecule has 0 unspecified atom stereocenters. The molecule has 2 amide bonds. The highest BCUT2D eigenvalue weighted by molar-refractivity contribution is 7.92. The molecule has 10 heteroatoms. The van der Waals surface area contributed by atoms with Gasteiger partial charge in [-0.3, -0.25) is 13.9 Å². The zero-order valence-corrected chi connectivity index (χ0v) is 25.6. The molecule has 0 heterocycles. The summed E-state index contributed by atoms with van der Waals surface area (Å²) in [7, 11) is -1.32. The number of carbonyl (C=O) groups excluding carboxylic acids is 2. The first-order valence-electron chi connectivity index (χ1n) is 14.2. The highest BCUT2D eigenvalue weighted by Crippen LogP contribution is 2.36. The number of unbranched alkanes of at least 4 members (excludes halogenated alkanes) is 1. The van der Waals surface area contributed by atoms with Gasteiger partial charge in [0, 0.05) is 19.2 Å². The zero-order valence-electron chi connectivity index (χ0n) is 24.8. The second-order valence-electron chi connectivity index (χ2n) is 9.75. The van der Waals surface area contributed by atoms with Crippen LogP contribution in [0, 0.1) is 0 Å². The van der Waals surface area contributed by atoms with E-state index in [1.54, 1.807) is 30.3 Å². The van der Waals surface area contributed by atoms with Crippen molar-refractivity contribution in [2.24, 2.45) is 0 Å². The molecule has 1 N–H and O–H groups in total. The molecule has 0 saturated carbocycles. The number of carbonyl (C=O) groups is 2. The van der Waals surface area contributed by atoms with Gasteiger partial charge < -0.3 is 19.7 Å². The smallest absolute Gasteiger partial charge is 0.264 e. The molecule has 3 aromatic carbocycles. The second-order valence-corrected chi connectivity index (χ2v) is 11.6. The molecule has 1 atom stereocenters. The third kappa shape index (κ3) is 8.25. The van der Waals surface area contributed by atoms with Crippen LogP contribution in [-0.2, 0) is 26.0 Å². The fourth-order valence-electron chi connectivity index (χ4n) is 4.63. The number of benzene rings is 3.